The zero-order chi connectivity index (χ0) is 28.4. The van der Waals surface area contributed by atoms with Gasteiger partial charge in [0.15, 0.2) is 0 Å². The van der Waals surface area contributed by atoms with E-state index in [9.17, 15) is 24.0 Å². The molecule has 0 heterocycles. The topological polar surface area (TPSA) is 231 Å². The van der Waals surface area contributed by atoms with Crippen molar-refractivity contribution in [2.24, 2.45) is 0 Å². The zero-order valence-electron chi connectivity index (χ0n) is 20.7. The molecule has 0 radical (unpaired) electrons. The molecule has 0 rings (SSSR count). The average molecular weight is 510 g/mol. The summed E-state index contributed by atoms with van der Waals surface area (Å²) in [7, 11) is 10.3. The molecule has 16 heteroatoms. The molecule has 0 aromatic heterocycles. The quantitative estimate of drug-likeness (QED) is 0.191. The lowest BCUT2D eigenvalue weighted by Crippen LogP contribution is -2.07. The molecule has 206 valence electrons. The third-order valence-electron chi connectivity index (χ3n) is 1.96. The summed E-state index contributed by atoms with van der Waals surface area (Å²) in [5.74, 6) is -2.83. The van der Waals surface area contributed by atoms with Gasteiger partial charge in [0.05, 0.1) is 28.4 Å². The fourth-order valence-electron chi connectivity index (χ4n) is 0.606. The summed E-state index contributed by atoms with van der Waals surface area (Å²) < 4.78 is 29.5. The van der Waals surface area contributed by atoms with Gasteiger partial charge in [-0.15, -0.1) is 0 Å². The van der Waals surface area contributed by atoms with Crippen LogP contribution in [0.15, 0.2) is 0 Å². The normalized spacial score (nSPS) is 7.74. The van der Waals surface area contributed by atoms with Crippen molar-refractivity contribution in [3.05, 3.63) is 0 Å². The van der Waals surface area contributed by atoms with E-state index >= 15 is 0 Å². The third kappa shape index (κ3) is 70.1. The van der Waals surface area contributed by atoms with Crippen LogP contribution in [0.25, 0.3) is 0 Å². The van der Waals surface area contributed by atoms with Gasteiger partial charge >= 0.3 is 29.8 Å². The number of carboxylic acid groups (broad SMARTS) is 1. The van der Waals surface area contributed by atoms with E-state index in [1.165, 1.54) is 49.8 Å². The van der Waals surface area contributed by atoms with E-state index in [4.69, 9.17) is 20.4 Å². The van der Waals surface area contributed by atoms with Crippen molar-refractivity contribution in [1.29, 1.82) is 0 Å². The number of hydrogen-bond donors (Lipinski definition) is 4. The molecule has 0 amide bonds. The first kappa shape index (κ1) is 44.7. The molecule has 0 fully saturated rings. The Morgan fingerprint density at radius 3 is 0.765 bits per heavy atom. The van der Waals surface area contributed by atoms with E-state index in [-0.39, 0.29) is 31.8 Å². The molecule has 0 unspecified atom stereocenters. The van der Waals surface area contributed by atoms with Crippen LogP contribution in [-0.2, 0) is 57.1 Å². The molecule has 0 atom stereocenters. The Morgan fingerprint density at radius 2 is 0.735 bits per heavy atom. The van der Waals surface area contributed by atoms with Gasteiger partial charge in [-0.1, -0.05) is 0 Å². The molecule has 4 N–H and O–H groups in total. The highest BCUT2D eigenvalue weighted by molar-refractivity contribution is 5.71. The number of methoxy groups -OCH3 is 7. The predicted octanol–water partition coefficient (Wildman–Crippen LogP) is -2.76. The fourth-order valence-corrected chi connectivity index (χ4v) is 0.606. The van der Waals surface area contributed by atoms with Crippen molar-refractivity contribution in [3.63, 3.8) is 0 Å². The summed E-state index contributed by atoms with van der Waals surface area (Å²) in [6.07, 6.45) is 0. The number of rotatable bonds is 8. The summed E-state index contributed by atoms with van der Waals surface area (Å²) >= 11 is 0. The summed E-state index contributed by atoms with van der Waals surface area (Å²) in [6, 6.07) is 0. The molecule has 0 aromatic carbocycles. The maximum absolute atomic E-state index is 10.1. The molecule has 0 spiro atoms. The number of aliphatic hydroxyl groups is 3. The Kier molecular flexibility index (Phi) is 57.7. The Balaban J connectivity index is -0.0000000708. The van der Waals surface area contributed by atoms with Crippen molar-refractivity contribution < 1.29 is 77.6 Å². The molecule has 0 bridgehead atoms. The highest BCUT2D eigenvalue weighted by Crippen LogP contribution is 1.71. The molecule has 16 nitrogen and oxygen atoms in total. The van der Waals surface area contributed by atoms with Crippen molar-refractivity contribution in [1.82, 2.24) is 0 Å². The molecule has 0 saturated carbocycles. The van der Waals surface area contributed by atoms with E-state index in [0.717, 1.165) is 7.11 Å². The first-order valence-electron chi connectivity index (χ1n) is 8.63. The van der Waals surface area contributed by atoms with Crippen LogP contribution < -0.4 is 0 Å². The maximum atomic E-state index is 10.1. The first-order valence-corrected chi connectivity index (χ1v) is 8.63. The second-order valence-corrected chi connectivity index (χ2v) is 4.31. The largest absolute Gasteiger partial charge is 0.480 e. The van der Waals surface area contributed by atoms with E-state index < -0.39 is 31.1 Å². The third-order valence-corrected chi connectivity index (χ3v) is 1.96. The molecule has 0 aliphatic rings. The summed E-state index contributed by atoms with van der Waals surface area (Å²) in [5, 5.41) is 30.5. The summed E-state index contributed by atoms with van der Waals surface area (Å²) in [6.45, 7) is -1.19. The van der Waals surface area contributed by atoms with Crippen LogP contribution in [0.2, 0.25) is 0 Å². The zero-order valence-corrected chi connectivity index (χ0v) is 20.7. The van der Waals surface area contributed by atoms with Gasteiger partial charge in [-0.2, -0.15) is 0 Å². The average Bonchev–Trinajstić information content (AvgIpc) is 2.85. The van der Waals surface area contributed by atoms with Crippen LogP contribution in [0, 0.1) is 0 Å². The summed E-state index contributed by atoms with van der Waals surface area (Å²) in [5.41, 5.74) is 0. The Labute approximate surface area is 198 Å². The van der Waals surface area contributed by atoms with E-state index in [0.29, 0.717) is 0 Å². The number of aliphatic hydroxyl groups excluding tert-OH is 3. The molecular formula is C18H38O16. The lowest BCUT2D eigenvalue weighted by Gasteiger charge is -1.92. The lowest BCUT2D eigenvalue weighted by atomic mass is 10.7. The van der Waals surface area contributed by atoms with Gasteiger partial charge in [0, 0.05) is 28.4 Å². The highest BCUT2D eigenvalue weighted by atomic mass is 16.6. The SMILES string of the molecule is CO.COC(=O)CO.COC(=O)CO.COCC(=O)O.COCC(=O)OC.COCC(=O)OC. The number of carboxylic acids is 1. The number of aliphatic carboxylic acids is 1. The van der Waals surface area contributed by atoms with E-state index in [1.54, 1.807) is 0 Å². The Hall–Kier alpha value is -2.89. The van der Waals surface area contributed by atoms with Gasteiger partial charge in [0.25, 0.3) is 0 Å². The van der Waals surface area contributed by atoms with Crippen molar-refractivity contribution in [2.45, 2.75) is 0 Å². The van der Waals surface area contributed by atoms with Crippen LogP contribution in [-0.4, -0.2) is 140 Å². The minimum absolute atomic E-state index is 0.0382. The van der Waals surface area contributed by atoms with Gasteiger partial charge < -0.3 is 53.6 Å². The van der Waals surface area contributed by atoms with Crippen LogP contribution in [0.4, 0.5) is 0 Å². The number of carbonyl (C=O) groups is 5. The van der Waals surface area contributed by atoms with Gasteiger partial charge in [0.2, 0.25) is 0 Å². The number of esters is 4. The smallest absolute Gasteiger partial charge is 0.331 e. The lowest BCUT2D eigenvalue weighted by molar-refractivity contribution is -0.145. The standard InChI is InChI=1S/2C4H8O3.3C3H6O3.CH4O/c2*1-6-3-4(5)7-2;1-6-2-3(4)5;2*1-6-3(5)2-4;1-2/h2*3H2,1-2H3;2H2,1H3,(H,4,5);2*4H,2H2,1H3;2H,1H3. The van der Waals surface area contributed by atoms with Crippen LogP contribution in [0.3, 0.4) is 0 Å². The second kappa shape index (κ2) is 43.9. The first-order chi connectivity index (χ1) is 16.0. The van der Waals surface area contributed by atoms with Crippen molar-refractivity contribution in [2.75, 3.05) is 89.9 Å². The Morgan fingerprint density at radius 1 is 0.500 bits per heavy atom. The van der Waals surface area contributed by atoms with E-state index in [2.05, 4.69) is 33.2 Å². The van der Waals surface area contributed by atoms with Crippen molar-refractivity contribution >= 4 is 29.8 Å². The van der Waals surface area contributed by atoms with Gasteiger partial charge in [0.1, 0.15) is 33.0 Å². The van der Waals surface area contributed by atoms with Gasteiger partial charge in [-0.25, -0.2) is 24.0 Å². The molecule has 0 saturated heterocycles. The monoisotopic (exact) mass is 510 g/mol. The molecule has 0 aromatic rings. The minimum Gasteiger partial charge on any atom is -0.480 e. The van der Waals surface area contributed by atoms with Crippen LogP contribution in [0.1, 0.15) is 0 Å². The van der Waals surface area contributed by atoms with Crippen LogP contribution >= 0.6 is 0 Å². The molecular weight excluding hydrogens is 472 g/mol. The molecule has 0 aliphatic carbocycles. The molecule has 0 aliphatic heterocycles. The molecule has 34 heavy (non-hydrogen) atoms. The van der Waals surface area contributed by atoms with E-state index in [1.807, 2.05) is 0 Å². The second-order valence-electron chi connectivity index (χ2n) is 4.31. The summed E-state index contributed by atoms with van der Waals surface area (Å²) in [4.78, 5) is 49.0. The Bertz CT molecular complexity index is 421. The number of ether oxygens (including phenoxy) is 7. The van der Waals surface area contributed by atoms with Gasteiger partial charge in [-0.05, 0) is 0 Å². The van der Waals surface area contributed by atoms with Crippen molar-refractivity contribution in [3.8, 4) is 0 Å². The van der Waals surface area contributed by atoms with Gasteiger partial charge in [-0.3, -0.25) is 0 Å². The maximum Gasteiger partial charge on any atom is 0.331 e. The van der Waals surface area contributed by atoms with Crippen LogP contribution in [0.5, 0.6) is 0 Å². The fraction of sp³-hybridized carbons (Fsp3) is 0.722. The number of hydrogen-bond acceptors (Lipinski definition) is 15. The minimum atomic E-state index is -0.933. The number of carbonyl (C=O) groups excluding carboxylic acids is 4. The highest BCUT2D eigenvalue weighted by Gasteiger charge is 1.94. The predicted molar refractivity (Wildman–Crippen MR) is 114 cm³/mol.